The van der Waals surface area contributed by atoms with E-state index >= 15 is 0 Å². The van der Waals surface area contributed by atoms with Crippen LogP contribution in [0.1, 0.15) is 38.8 Å². The average molecular weight is 627 g/mol. The molecule has 0 amide bonds. The lowest BCUT2D eigenvalue weighted by molar-refractivity contribution is -0.177. The summed E-state index contributed by atoms with van der Waals surface area (Å²) in [5.41, 5.74) is 1.26. The number of nitrogens with one attached hydrogen (secondary N) is 4. The van der Waals surface area contributed by atoms with Crippen LogP contribution >= 0.6 is 0 Å². The van der Waals surface area contributed by atoms with E-state index < -0.39 is 23.9 Å². The molecule has 0 aliphatic carbocycles. The van der Waals surface area contributed by atoms with Gasteiger partial charge in [-0.3, -0.25) is 30.9 Å². The maximum atomic E-state index is 11.6. The van der Waals surface area contributed by atoms with Crippen molar-refractivity contribution in [2.45, 2.75) is 65.4 Å². The van der Waals surface area contributed by atoms with E-state index in [1.807, 2.05) is 0 Å². The van der Waals surface area contributed by atoms with Crippen molar-refractivity contribution in [1.29, 1.82) is 0 Å². The molecule has 250 valence electrons. The lowest BCUT2D eigenvalue weighted by Gasteiger charge is -2.04. The van der Waals surface area contributed by atoms with Crippen LogP contribution in [0, 0.1) is 0 Å². The number of benzene rings is 2. The number of aliphatic hydroxyl groups excluding tert-OH is 4. The topological polar surface area (TPSA) is 216 Å². The highest BCUT2D eigenvalue weighted by atomic mass is 16.6. The van der Waals surface area contributed by atoms with Gasteiger partial charge in [0.2, 0.25) is 0 Å². The molecule has 0 saturated heterocycles. The van der Waals surface area contributed by atoms with E-state index in [1.54, 1.807) is 117 Å². The predicted molar refractivity (Wildman–Crippen MR) is 165 cm³/mol. The van der Waals surface area contributed by atoms with Crippen LogP contribution in [0.5, 0.6) is 0 Å². The molecule has 0 aliphatic heterocycles. The smallest absolute Gasteiger partial charge is 0.384 e. The van der Waals surface area contributed by atoms with Crippen molar-refractivity contribution in [3.63, 3.8) is 0 Å². The minimum atomic E-state index is -1.52. The summed E-state index contributed by atoms with van der Waals surface area (Å²) < 4.78 is 8.73. The zero-order valence-corrected chi connectivity index (χ0v) is 26.7. The molecule has 4 atom stereocenters. The Morgan fingerprint density at radius 2 is 0.727 bits per heavy atom. The molecular weight excluding hydrogens is 576 g/mol. The molecule has 2 aromatic rings. The Kier molecular flexibility index (Phi) is 30.0. The van der Waals surface area contributed by atoms with Gasteiger partial charge in [-0.2, -0.15) is 0 Å². The number of hydrogen-bond donors (Lipinski definition) is 8. The molecule has 0 aromatic heterocycles. The van der Waals surface area contributed by atoms with Gasteiger partial charge in [0, 0.05) is 0 Å². The fourth-order valence-electron chi connectivity index (χ4n) is 1.89. The van der Waals surface area contributed by atoms with Crippen molar-refractivity contribution in [1.82, 2.24) is 21.3 Å². The van der Waals surface area contributed by atoms with E-state index in [0.29, 0.717) is 11.1 Å². The van der Waals surface area contributed by atoms with Crippen LogP contribution < -0.4 is 21.3 Å². The predicted octanol–water partition coefficient (Wildman–Crippen LogP) is -0.212. The standard InChI is InChI=1S/C18H14O6.4C3H9NO/c19-15(11-13-7-3-1-4-8-13)23-17(21)18(22)24-16(20)12-14-9-5-2-6-10-14;4*1-3(5)4-2/h1-10H,11-12H2;4*3-5H,1-2H3. The summed E-state index contributed by atoms with van der Waals surface area (Å²) in [5, 5.41) is 43.3. The second-order valence-corrected chi connectivity index (χ2v) is 8.71. The van der Waals surface area contributed by atoms with Crippen molar-refractivity contribution in [3.8, 4) is 0 Å². The van der Waals surface area contributed by atoms with Gasteiger partial charge >= 0.3 is 23.9 Å². The van der Waals surface area contributed by atoms with Crippen LogP contribution in [0.2, 0.25) is 0 Å². The van der Waals surface area contributed by atoms with Gasteiger partial charge in [0.05, 0.1) is 12.8 Å². The molecule has 0 saturated carbocycles. The highest BCUT2D eigenvalue weighted by Crippen LogP contribution is 2.03. The second-order valence-electron chi connectivity index (χ2n) is 8.71. The average Bonchev–Trinajstić information content (AvgIpc) is 2.99. The number of hydrogen-bond acceptors (Lipinski definition) is 14. The monoisotopic (exact) mass is 626 g/mol. The second kappa shape index (κ2) is 29.5. The number of esters is 4. The lowest BCUT2D eigenvalue weighted by Crippen LogP contribution is -2.27. The van der Waals surface area contributed by atoms with E-state index in [1.165, 1.54) is 0 Å². The summed E-state index contributed by atoms with van der Waals surface area (Å²) in [6, 6.07) is 17.1. The number of ether oxygens (including phenoxy) is 2. The van der Waals surface area contributed by atoms with Crippen LogP contribution in [0.15, 0.2) is 60.7 Å². The van der Waals surface area contributed by atoms with E-state index in [9.17, 15) is 19.2 Å². The largest absolute Gasteiger partial charge is 0.425 e. The van der Waals surface area contributed by atoms with Gasteiger partial charge in [-0.1, -0.05) is 60.7 Å². The molecule has 14 heteroatoms. The molecule has 0 radical (unpaired) electrons. The third kappa shape index (κ3) is 32.9. The normalized spacial score (nSPS) is 12.2. The first-order valence-corrected chi connectivity index (χ1v) is 13.6. The van der Waals surface area contributed by atoms with Gasteiger partial charge < -0.3 is 29.9 Å². The van der Waals surface area contributed by atoms with Crippen LogP contribution in [-0.4, -0.2) is 97.4 Å². The summed E-state index contributed by atoms with van der Waals surface area (Å²) in [6.45, 7) is 6.67. The molecule has 2 aromatic carbocycles. The van der Waals surface area contributed by atoms with Crippen LogP contribution in [0.3, 0.4) is 0 Å². The molecule has 14 nitrogen and oxygen atoms in total. The first kappa shape index (κ1) is 44.8. The van der Waals surface area contributed by atoms with Crippen LogP contribution in [-0.2, 0) is 41.5 Å². The van der Waals surface area contributed by atoms with Gasteiger partial charge in [-0.25, -0.2) is 9.59 Å². The van der Waals surface area contributed by atoms with Crippen molar-refractivity contribution in [2.75, 3.05) is 28.2 Å². The minimum absolute atomic E-state index is 0.169. The van der Waals surface area contributed by atoms with Crippen molar-refractivity contribution in [2.24, 2.45) is 0 Å². The maximum absolute atomic E-state index is 11.6. The number of aliphatic hydroxyl groups is 4. The Bertz CT molecular complexity index is 908. The van der Waals surface area contributed by atoms with Crippen LogP contribution in [0.25, 0.3) is 0 Å². The van der Waals surface area contributed by atoms with Gasteiger partial charge in [-0.05, 0) is 67.0 Å². The first-order chi connectivity index (χ1) is 20.6. The molecule has 0 aliphatic rings. The molecule has 4 unspecified atom stereocenters. The quantitative estimate of drug-likeness (QED) is 0.0824. The van der Waals surface area contributed by atoms with Gasteiger partial charge in [0.25, 0.3) is 0 Å². The molecule has 0 fully saturated rings. The first-order valence-electron chi connectivity index (χ1n) is 13.6. The summed E-state index contributed by atoms with van der Waals surface area (Å²) in [7, 11) is 6.80. The Morgan fingerprint density at radius 3 is 0.909 bits per heavy atom. The molecular formula is C30H50N4O10. The van der Waals surface area contributed by atoms with Crippen molar-refractivity contribution in [3.05, 3.63) is 71.8 Å². The highest BCUT2D eigenvalue weighted by Gasteiger charge is 2.24. The summed E-state index contributed by atoms with van der Waals surface area (Å²) in [4.78, 5) is 46.1. The Hall–Kier alpha value is -3.60. The van der Waals surface area contributed by atoms with E-state index in [0.717, 1.165) is 0 Å². The van der Waals surface area contributed by atoms with Crippen molar-refractivity contribution < 1.29 is 49.1 Å². The van der Waals surface area contributed by atoms with Crippen molar-refractivity contribution >= 4 is 23.9 Å². The molecule has 8 N–H and O–H groups in total. The van der Waals surface area contributed by atoms with Gasteiger partial charge in [0.1, 0.15) is 24.9 Å². The Morgan fingerprint density at radius 1 is 0.523 bits per heavy atom. The van der Waals surface area contributed by atoms with Gasteiger partial charge in [-0.15, -0.1) is 0 Å². The fraction of sp³-hybridized carbons (Fsp3) is 0.467. The Labute approximate surface area is 259 Å². The SMILES string of the molecule is CNC(C)O.CNC(C)O.CNC(C)O.CNC(C)O.O=C(Cc1ccccc1)OC(=O)C(=O)OC(=O)Cc1ccccc1. The van der Waals surface area contributed by atoms with E-state index in [2.05, 4.69) is 30.7 Å². The lowest BCUT2D eigenvalue weighted by atomic mass is 10.2. The number of carbonyl (C=O) groups excluding carboxylic acids is 4. The number of carbonyl (C=O) groups is 4. The Balaban J connectivity index is -0.000000681. The van der Waals surface area contributed by atoms with Crippen LogP contribution in [0.4, 0.5) is 0 Å². The summed E-state index contributed by atoms with van der Waals surface area (Å²) >= 11 is 0. The molecule has 0 spiro atoms. The molecule has 0 heterocycles. The van der Waals surface area contributed by atoms with E-state index in [-0.39, 0.29) is 37.8 Å². The molecule has 2 rings (SSSR count). The van der Waals surface area contributed by atoms with Gasteiger partial charge in [0.15, 0.2) is 0 Å². The zero-order chi connectivity index (χ0) is 34.5. The maximum Gasteiger partial charge on any atom is 0.425 e. The fourth-order valence-corrected chi connectivity index (χ4v) is 1.89. The zero-order valence-electron chi connectivity index (χ0n) is 26.7. The summed E-state index contributed by atoms with van der Waals surface area (Å²) in [6.07, 6.45) is -1.80. The molecule has 44 heavy (non-hydrogen) atoms. The number of rotatable bonds is 8. The minimum Gasteiger partial charge on any atom is -0.384 e. The third-order valence-corrected chi connectivity index (χ3v) is 4.63. The highest BCUT2D eigenvalue weighted by molar-refractivity contribution is 6.33. The van der Waals surface area contributed by atoms with E-state index in [4.69, 9.17) is 20.4 Å². The third-order valence-electron chi connectivity index (χ3n) is 4.63. The molecule has 0 bridgehead atoms. The summed E-state index contributed by atoms with van der Waals surface area (Å²) in [5.74, 6) is -4.84.